The van der Waals surface area contributed by atoms with Crippen molar-refractivity contribution in [3.8, 4) is 0 Å². The highest BCUT2D eigenvalue weighted by Gasteiger charge is 2.13. The van der Waals surface area contributed by atoms with Crippen molar-refractivity contribution in [2.45, 2.75) is 19.4 Å². The lowest BCUT2D eigenvalue weighted by Crippen LogP contribution is -2.18. The van der Waals surface area contributed by atoms with Gasteiger partial charge in [0.1, 0.15) is 5.88 Å². The van der Waals surface area contributed by atoms with Gasteiger partial charge in [-0.25, -0.2) is 4.98 Å². The molecule has 1 amide bonds. The Labute approximate surface area is 104 Å². The minimum Gasteiger partial charge on any atom is -0.301 e. The van der Waals surface area contributed by atoms with Crippen LogP contribution < -0.4 is 5.32 Å². The SMILES string of the molecule is O=C(CCl)Nc1nc(CN2CCCC2)cs1. The number of amides is 1. The Balaban J connectivity index is 1.88. The van der Waals surface area contributed by atoms with Crippen LogP contribution in [0.4, 0.5) is 5.13 Å². The number of alkyl halides is 1. The highest BCUT2D eigenvalue weighted by atomic mass is 35.5. The number of rotatable bonds is 4. The molecule has 16 heavy (non-hydrogen) atoms. The summed E-state index contributed by atoms with van der Waals surface area (Å²) in [5.74, 6) is -0.232. The van der Waals surface area contributed by atoms with Crippen molar-refractivity contribution in [3.63, 3.8) is 0 Å². The van der Waals surface area contributed by atoms with Crippen LogP contribution >= 0.6 is 22.9 Å². The van der Waals surface area contributed by atoms with E-state index >= 15 is 0 Å². The van der Waals surface area contributed by atoms with Crippen molar-refractivity contribution in [1.29, 1.82) is 0 Å². The van der Waals surface area contributed by atoms with E-state index in [0.29, 0.717) is 5.13 Å². The number of likely N-dealkylation sites (tertiary alicyclic amines) is 1. The van der Waals surface area contributed by atoms with Crippen LogP contribution in [0.3, 0.4) is 0 Å². The molecule has 0 spiro atoms. The van der Waals surface area contributed by atoms with E-state index in [-0.39, 0.29) is 11.8 Å². The van der Waals surface area contributed by atoms with Gasteiger partial charge in [-0.3, -0.25) is 9.69 Å². The Bertz CT molecular complexity index is 363. The molecule has 2 heterocycles. The van der Waals surface area contributed by atoms with Gasteiger partial charge in [-0.1, -0.05) is 0 Å². The highest BCUT2D eigenvalue weighted by molar-refractivity contribution is 7.13. The minimum absolute atomic E-state index is 0.0267. The zero-order valence-corrected chi connectivity index (χ0v) is 10.5. The average Bonchev–Trinajstić information content (AvgIpc) is 2.91. The van der Waals surface area contributed by atoms with Crippen LogP contribution in [0.5, 0.6) is 0 Å². The fourth-order valence-corrected chi connectivity index (χ4v) is 2.54. The molecule has 1 aliphatic heterocycles. The van der Waals surface area contributed by atoms with Gasteiger partial charge < -0.3 is 5.32 Å². The first-order chi connectivity index (χ1) is 7.78. The molecule has 4 nitrogen and oxygen atoms in total. The van der Waals surface area contributed by atoms with Gasteiger partial charge in [0.25, 0.3) is 0 Å². The highest BCUT2D eigenvalue weighted by Crippen LogP contribution is 2.18. The smallest absolute Gasteiger partial charge is 0.241 e. The third kappa shape index (κ3) is 3.17. The summed E-state index contributed by atoms with van der Waals surface area (Å²) in [6.45, 7) is 3.19. The van der Waals surface area contributed by atoms with E-state index in [2.05, 4.69) is 15.2 Å². The Hall–Kier alpha value is -0.650. The zero-order chi connectivity index (χ0) is 11.4. The first-order valence-corrected chi connectivity index (χ1v) is 6.72. The molecule has 1 fully saturated rings. The summed E-state index contributed by atoms with van der Waals surface area (Å²) in [6.07, 6.45) is 2.56. The third-order valence-corrected chi connectivity index (χ3v) is 3.55. The second-order valence-corrected chi connectivity index (χ2v) is 4.93. The molecule has 0 saturated carbocycles. The van der Waals surface area contributed by atoms with Gasteiger partial charge >= 0.3 is 0 Å². The van der Waals surface area contributed by atoms with E-state index in [1.54, 1.807) is 0 Å². The van der Waals surface area contributed by atoms with Crippen LogP contribution in [-0.2, 0) is 11.3 Å². The summed E-state index contributed by atoms with van der Waals surface area (Å²) in [5, 5.41) is 5.28. The second-order valence-electron chi connectivity index (χ2n) is 3.81. The van der Waals surface area contributed by atoms with E-state index in [4.69, 9.17) is 11.6 Å². The van der Waals surface area contributed by atoms with E-state index in [0.717, 1.165) is 25.3 Å². The third-order valence-electron chi connectivity index (χ3n) is 2.50. The predicted molar refractivity (Wildman–Crippen MR) is 66.0 cm³/mol. The van der Waals surface area contributed by atoms with Crippen molar-refractivity contribution in [3.05, 3.63) is 11.1 Å². The number of thiazole rings is 1. The van der Waals surface area contributed by atoms with Crippen LogP contribution in [0.25, 0.3) is 0 Å². The van der Waals surface area contributed by atoms with Gasteiger partial charge in [-0.15, -0.1) is 22.9 Å². The molecule has 1 saturated heterocycles. The van der Waals surface area contributed by atoms with E-state index in [1.807, 2.05) is 5.38 Å². The second kappa shape index (κ2) is 5.61. The number of carbonyl (C=O) groups is 1. The summed E-state index contributed by atoms with van der Waals surface area (Å²) in [7, 11) is 0. The summed E-state index contributed by atoms with van der Waals surface area (Å²) >= 11 is 6.85. The van der Waals surface area contributed by atoms with Crippen LogP contribution in [-0.4, -0.2) is 34.8 Å². The maximum atomic E-state index is 11.0. The van der Waals surface area contributed by atoms with E-state index < -0.39 is 0 Å². The number of anilines is 1. The first kappa shape index (κ1) is 11.8. The maximum Gasteiger partial charge on any atom is 0.241 e. The molecule has 0 atom stereocenters. The molecule has 1 aromatic heterocycles. The lowest BCUT2D eigenvalue weighted by molar-refractivity contribution is -0.113. The minimum atomic E-state index is -0.205. The molecule has 1 N–H and O–H groups in total. The monoisotopic (exact) mass is 259 g/mol. The molecular weight excluding hydrogens is 246 g/mol. The predicted octanol–water partition coefficient (Wildman–Crippen LogP) is 1.92. The molecule has 2 rings (SSSR count). The van der Waals surface area contributed by atoms with Gasteiger partial charge in [0.05, 0.1) is 5.69 Å². The summed E-state index contributed by atoms with van der Waals surface area (Å²) in [4.78, 5) is 17.8. The maximum absolute atomic E-state index is 11.0. The average molecular weight is 260 g/mol. The largest absolute Gasteiger partial charge is 0.301 e. The number of nitrogens with zero attached hydrogens (tertiary/aromatic N) is 2. The Morgan fingerprint density at radius 2 is 2.31 bits per heavy atom. The van der Waals surface area contributed by atoms with Crippen molar-refractivity contribution < 1.29 is 4.79 Å². The number of hydrogen-bond donors (Lipinski definition) is 1. The van der Waals surface area contributed by atoms with E-state index in [9.17, 15) is 4.79 Å². The molecule has 0 aromatic carbocycles. The Morgan fingerprint density at radius 1 is 1.56 bits per heavy atom. The number of nitrogens with one attached hydrogen (secondary N) is 1. The molecular formula is C10H14ClN3OS. The standard InChI is InChI=1S/C10H14ClN3OS/c11-5-9(15)13-10-12-8(7-16-10)6-14-3-1-2-4-14/h7H,1-6H2,(H,12,13,15). The summed E-state index contributed by atoms with van der Waals surface area (Å²) < 4.78 is 0. The topological polar surface area (TPSA) is 45.2 Å². The Kier molecular flexibility index (Phi) is 4.15. The van der Waals surface area contributed by atoms with Gasteiger partial charge in [-0.2, -0.15) is 0 Å². The fourth-order valence-electron chi connectivity index (χ4n) is 1.76. The quantitative estimate of drug-likeness (QED) is 0.841. The van der Waals surface area contributed by atoms with Crippen LogP contribution in [0.2, 0.25) is 0 Å². The summed E-state index contributed by atoms with van der Waals surface area (Å²) in [6, 6.07) is 0. The van der Waals surface area contributed by atoms with Gasteiger partial charge in [-0.05, 0) is 25.9 Å². The molecule has 0 aliphatic carbocycles. The van der Waals surface area contributed by atoms with E-state index in [1.165, 1.54) is 24.2 Å². The Morgan fingerprint density at radius 3 is 3.00 bits per heavy atom. The number of carbonyl (C=O) groups excluding carboxylic acids is 1. The molecule has 88 valence electrons. The number of aromatic nitrogens is 1. The van der Waals surface area contributed by atoms with Gasteiger partial charge in [0, 0.05) is 11.9 Å². The molecule has 0 bridgehead atoms. The molecule has 1 aromatic rings. The molecule has 0 unspecified atom stereocenters. The first-order valence-electron chi connectivity index (χ1n) is 5.30. The zero-order valence-electron chi connectivity index (χ0n) is 8.91. The number of hydrogen-bond acceptors (Lipinski definition) is 4. The summed E-state index contributed by atoms with van der Waals surface area (Å²) in [5.41, 5.74) is 1.02. The van der Waals surface area contributed by atoms with Crippen molar-refractivity contribution in [2.75, 3.05) is 24.3 Å². The van der Waals surface area contributed by atoms with Crippen LogP contribution in [0.15, 0.2) is 5.38 Å². The molecule has 0 radical (unpaired) electrons. The van der Waals surface area contributed by atoms with Gasteiger partial charge in [0.15, 0.2) is 5.13 Å². The molecule has 6 heteroatoms. The fraction of sp³-hybridized carbons (Fsp3) is 0.600. The van der Waals surface area contributed by atoms with Gasteiger partial charge in [0.2, 0.25) is 5.91 Å². The van der Waals surface area contributed by atoms with Crippen molar-refractivity contribution in [1.82, 2.24) is 9.88 Å². The number of halogens is 1. The van der Waals surface area contributed by atoms with Crippen molar-refractivity contribution in [2.24, 2.45) is 0 Å². The lowest BCUT2D eigenvalue weighted by Gasteiger charge is -2.11. The van der Waals surface area contributed by atoms with Crippen LogP contribution in [0, 0.1) is 0 Å². The normalized spacial score (nSPS) is 16.6. The van der Waals surface area contributed by atoms with Crippen LogP contribution in [0.1, 0.15) is 18.5 Å². The molecule has 1 aliphatic rings. The lowest BCUT2D eigenvalue weighted by atomic mass is 10.4. The van der Waals surface area contributed by atoms with Crippen molar-refractivity contribution >= 4 is 34.0 Å².